The Labute approximate surface area is 144 Å². The van der Waals surface area contributed by atoms with Crippen molar-refractivity contribution in [3.63, 3.8) is 0 Å². The molecule has 0 spiro atoms. The molecule has 2 rings (SSSR count). The Hall–Kier alpha value is -2.54. The number of aliphatic carboxylic acids is 1. The van der Waals surface area contributed by atoms with Crippen molar-refractivity contribution in [2.75, 3.05) is 10.6 Å². The summed E-state index contributed by atoms with van der Waals surface area (Å²) in [5.41, 5.74) is 0.339. The lowest BCUT2D eigenvalue weighted by molar-refractivity contribution is -0.138. The summed E-state index contributed by atoms with van der Waals surface area (Å²) in [5, 5.41) is 16.9. The minimum absolute atomic E-state index is 0.453. The number of carbonyl (C=O) groups is 2. The molecule has 0 aliphatic heterocycles. The van der Waals surface area contributed by atoms with Crippen LogP contribution in [0.1, 0.15) is 31.7 Å². The van der Waals surface area contributed by atoms with E-state index >= 15 is 0 Å². The smallest absolute Gasteiger partial charge is 0.412 e. The summed E-state index contributed by atoms with van der Waals surface area (Å²) in [7, 11) is 0. The van der Waals surface area contributed by atoms with Crippen molar-refractivity contribution in [1.29, 1.82) is 0 Å². The molecule has 0 saturated carbocycles. The van der Waals surface area contributed by atoms with E-state index in [0.717, 1.165) is 0 Å². The average Bonchev–Trinajstić information content (AvgIpc) is 2.97. The number of nitrogens with one attached hydrogen (secondary N) is 2. The fraction of sp³-hybridized carbons (Fsp3) is 0.294. The fourth-order valence-corrected chi connectivity index (χ4v) is 2.76. The van der Waals surface area contributed by atoms with Crippen molar-refractivity contribution < 1.29 is 19.4 Å². The molecule has 0 aliphatic rings. The van der Waals surface area contributed by atoms with Gasteiger partial charge in [0.2, 0.25) is 0 Å². The van der Waals surface area contributed by atoms with Crippen LogP contribution in [0.25, 0.3) is 0 Å². The molecule has 128 valence electrons. The minimum atomic E-state index is -0.996. The predicted molar refractivity (Wildman–Crippen MR) is 94.6 cm³/mol. The van der Waals surface area contributed by atoms with Gasteiger partial charge < -0.3 is 15.2 Å². The topological polar surface area (TPSA) is 87.7 Å². The van der Waals surface area contributed by atoms with E-state index in [2.05, 4.69) is 10.6 Å². The van der Waals surface area contributed by atoms with Crippen LogP contribution < -0.4 is 10.6 Å². The Morgan fingerprint density at radius 3 is 2.33 bits per heavy atom. The average molecular weight is 348 g/mol. The normalized spacial score (nSPS) is 12.3. The van der Waals surface area contributed by atoms with Crippen LogP contribution in [0.2, 0.25) is 0 Å². The van der Waals surface area contributed by atoms with Crippen LogP contribution in [0, 0.1) is 0 Å². The molecule has 0 aliphatic carbocycles. The van der Waals surface area contributed by atoms with E-state index in [0.29, 0.717) is 16.3 Å². The zero-order chi connectivity index (χ0) is 17.7. The molecule has 1 amide bonds. The van der Waals surface area contributed by atoms with Gasteiger partial charge in [0.15, 0.2) is 6.04 Å². The lowest BCUT2D eigenvalue weighted by Gasteiger charge is -2.21. The van der Waals surface area contributed by atoms with E-state index < -0.39 is 23.7 Å². The molecule has 1 aromatic carbocycles. The van der Waals surface area contributed by atoms with Crippen LogP contribution >= 0.6 is 11.3 Å². The maximum absolute atomic E-state index is 12.0. The zero-order valence-corrected chi connectivity index (χ0v) is 14.5. The molecular formula is C17H20N2O4S. The molecule has 0 saturated heterocycles. The summed E-state index contributed by atoms with van der Waals surface area (Å²) in [6.45, 7) is 5.32. The summed E-state index contributed by atoms with van der Waals surface area (Å²) in [6.07, 6.45) is -0.597. The molecule has 1 unspecified atom stereocenters. The van der Waals surface area contributed by atoms with Gasteiger partial charge in [-0.15, -0.1) is 11.3 Å². The number of benzene rings is 1. The number of para-hydroxylation sites is 2. The Balaban J connectivity index is 2.19. The number of hydrogen-bond donors (Lipinski definition) is 3. The number of ether oxygens (including phenoxy) is 1. The molecule has 3 N–H and O–H groups in total. The number of amides is 1. The van der Waals surface area contributed by atoms with Crippen molar-refractivity contribution in [3.8, 4) is 0 Å². The summed E-state index contributed by atoms with van der Waals surface area (Å²) in [6, 6.07) is 9.54. The van der Waals surface area contributed by atoms with E-state index in [9.17, 15) is 14.7 Å². The van der Waals surface area contributed by atoms with Gasteiger partial charge in [0.1, 0.15) is 5.60 Å². The van der Waals surface area contributed by atoms with Crippen molar-refractivity contribution in [3.05, 3.63) is 46.7 Å². The maximum Gasteiger partial charge on any atom is 0.412 e. The third-order valence-corrected chi connectivity index (χ3v) is 3.87. The van der Waals surface area contributed by atoms with Crippen molar-refractivity contribution in [1.82, 2.24) is 0 Å². The highest BCUT2D eigenvalue weighted by atomic mass is 32.1. The first-order chi connectivity index (χ1) is 11.3. The third-order valence-electron chi connectivity index (χ3n) is 2.94. The van der Waals surface area contributed by atoms with Crippen LogP contribution in [0.4, 0.5) is 16.2 Å². The zero-order valence-electron chi connectivity index (χ0n) is 13.7. The number of carboxylic acid groups (broad SMARTS) is 1. The molecule has 1 aromatic heterocycles. The first-order valence-electron chi connectivity index (χ1n) is 7.38. The Morgan fingerprint density at radius 2 is 1.79 bits per heavy atom. The first-order valence-corrected chi connectivity index (χ1v) is 8.26. The van der Waals surface area contributed by atoms with Crippen LogP contribution in [-0.2, 0) is 9.53 Å². The number of carbonyl (C=O) groups excluding carboxylic acids is 1. The second kappa shape index (κ2) is 7.35. The standard InChI is InChI=1S/C17H20N2O4S/c1-17(2,3)23-16(22)19-12-8-5-4-7-11(12)18-14(15(20)21)13-9-6-10-24-13/h4-10,14,18H,1-3H3,(H,19,22)(H,20,21). The molecule has 2 aromatic rings. The third kappa shape index (κ3) is 4.99. The quantitative estimate of drug-likeness (QED) is 0.748. The Kier molecular flexibility index (Phi) is 5.46. The fourth-order valence-electron chi connectivity index (χ4n) is 2.00. The number of anilines is 2. The lowest BCUT2D eigenvalue weighted by atomic mass is 10.2. The minimum Gasteiger partial charge on any atom is -0.479 e. The van der Waals surface area contributed by atoms with Crippen LogP contribution in [0.5, 0.6) is 0 Å². The van der Waals surface area contributed by atoms with Gasteiger partial charge in [-0.2, -0.15) is 0 Å². The molecule has 7 heteroatoms. The largest absolute Gasteiger partial charge is 0.479 e. The maximum atomic E-state index is 12.0. The van der Waals surface area contributed by atoms with Gasteiger partial charge in [-0.25, -0.2) is 9.59 Å². The highest BCUT2D eigenvalue weighted by molar-refractivity contribution is 7.10. The molecule has 6 nitrogen and oxygen atoms in total. The highest BCUT2D eigenvalue weighted by Gasteiger charge is 2.22. The molecular weight excluding hydrogens is 328 g/mol. The monoisotopic (exact) mass is 348 g/mol. The molecule has 24 heavy (non-hydrogen) atoms. The van der Waals surface area contributed by atoms with E-state index in [1.54, 1.807) is 57.2 Å². The van der Waals surface area contributed by atoms with E-state index in [-0.39, 0.29) is 0 Å². The molecule has 1 heterocycles. The van der Waals surface area contributed by atoms with Crippen molar-refractivity contribution in [2.45, 2.75) is 32.4 Å². The van der Waals surface area contributed by atoms with Gasteiger partial charge >= 0.3 is 12.1 Å². The summed E-state index contributed by atoms with van der Waals surface area (Å²) in [4.78, 5) is 24.2. The molecule has 0 bridgehead atoms. The molecule has 1 atom stereocenters. The summed E-state index contributed by atoms with van der Waals surface area (Å²) < 4.78 is 5.23. The summed E-state index contributed by atoms with van der Waals surface area (Å²) >= 11 is 1.35. The Bertz CT molecular complexity index is 708. The van der Waals surface area contributed by atoms with Gasteiger partial charge in [0.25, 0.3) is 0 Å². The number of rotatable bonds is 5. The SMILES string of the molecule is CC(C)(C)OC(=O)Nc1ccccc1NC(C(=O)O)c1cccs1. The van der Waals surface area contributed by atoms with Crippen molar-refractivity contribution >= 4 is 34.8 Å². The lowest BCUT2D eigenvalue weighted by Crippen LogP contribution is -2.27. The van der Waals surface area contributed by atoms with E-state index in [4.69, 9.17) is 4.74 Å². The number of hydrogen-bond acceptors (Lipinski definition) is 5. The molecule has 0 radical (unpaired) electrons. The highest BCUT2D eigenvalue weighted by Crippen LogP contribution is 2.29. The van der Waals surface area contributed by atoms with Gasteiger partial charge in [-0.05, 0) is 44.4 Å². The number of thiophene rings is 1. The Morgan fingerprint density at radius 1 is 1.12 bits per heavy atom. The van der Waals surface area contributed by atoms with E-state index in [1.807, 2.05) is 5.38 Å². The van der Waals surface area contributed by atoms with Crippen LogP contribution in [0.15, 0.2) is 41.8 Å². The van der Waals surface area contributed by atoms with Crippen molar-refractivity contribution in [2.24, 2.45) is 0 Å². The van der Waals surface area contributed by atoms with Crippen LogP contribution in [0.3, 0.4) is 0 Å². The second-order valence-corrected chi connectivity index (χ2v) is 7.08. The van der Waals surface area contributed by atoms with Gasteiger partial charge in [-0.1, -0.05) is 18.2 Å². The number of carboxylic acids is 1. The predicted octanol–water partition coefficient (Wildman–Crippen LogP) is 4.33. The van der Waals surface area contributed by atoms with Gasteiger partial charge in [-0.3, -0.25) is 5.32 Å². The van der Waals surface area contributed by atoms with E-state index in [1.165, 1.54) is 11.3 Å². The summed E-state index contributed by atoms with van der Waals surface area (Å²) in [5.74, 6) is -0.996. The second-order valence-electron chi connectivity index (χ2n) is 6.10. The molecule has 0 fully saturated rings. The van der Waals surface area contributed by atoms with Gasteiger partial charge in [0, 0.05) is 4.88 Å². The van der Waals surface area contributed by atoms with Gasteiger partial charge in [0.05, 0.1) is 11.4 Å². The van der Waals surface area contributed by atoms with Crippen LogP contribution in [-0.4, -0.2) is 22.8 Å². The first kappa shape index (κ1) is 17.8.